The highest BCUT2D eigenvalue weighted by atomic mass is 79.9. The Morgan fingerprint density at radius 1 is 1.24 bits per heavy atom. The maximum atomic E-state index is 13.5. The van der Waals surface area contributed by atoms with Crippen molar-refractivity contribution in [2.75, 3.05) is 0 Å². The number of aromatic nitrogens is 1. The Hall–Kier alpha value is -1.33. The second kappa shape index (κ2) is 4.89. The van der Waals surface area contributed by atoms with Gasteiger partial charge in [0, 0.05) is 16.2 Å². The van der Waals surface area contributed by atoms with Crippen LogP contribution in [0.3, 0.4) is 0 Å². The summed E-state index contributed by atoms with van der Waals surface area (Å²) in [6.45, 7) is 0. The highest BCUT2D eigenvalue weighted by molar-refractivity contribution is 9.10. The summed E-state index contributed by atoms with van der Waals surface area (Å²) < 4.78 is 27.3. The number of nitrogens with two attached hydrogens (primary N) is 1. The third-order valence-corrected chi connectivity index (χ3v) is 3.05. The van der Waals surface area contributed by atoms with Gasteiger partial charge in [-0.15, -0.1) is 0 Å². The van der Waals surface area contributed by atoms with Crippen LogP contribution in [0, 0.1) is 11.6 Å². The van der Waals surface area contributed by atoms with E-state index in [0.29, 0.717) is 10.2 Å². The first-order chi connectivity index (χ1) is 8.09. The number of pyridine rings is 1. The van der Waals surface area contributed by atoms with Gasteiger partial charge >= 0.3 is 0 Å². The van der Waals surface area contributed by atoms with Crippen LogP contribution in [0.25, 0.3) is 0 Å². The largest absolute Gasteiger partial charge is 0.319 e. The van der Waals surface area contributed by atoms with E-state index in [0.717, 1.165) is 18.2 Å². The van der Waals surface area contributed by atoms with E-state index in [1.807, 2.05) is 0 Å². The smallest absolute Gasteiger partial charge is 0.128 e. The average Bonchev–Trinajstić information content (AvgIpc) is 2.32. The van der Waals surface area contributed by atoms with Gasteiger partial charge in [-0.3, -0.25) is 4.98 Å². The molecule has 0 aliphatic carbocycles. The van der Waals surface area contributed by atoms with Gasteiger partial charge in [-0.05, 0) is 46.3 Å². The maximum absolute atomic E-state index is 13.5. The zero-order chi connectivity index (χ0) is 12.4. The van der Waals surface area contributed by atoms with Gasteiger partial charge in [-0.25, -0.2) is 8.78 Å². The summed E-state index contributed by atoms with van der Waals surface area (Å²) in [7, 11) is 0. The highest BCUT2D eigenvalue weighted by Gasteiger charge is 2.17. The molecule has 1 aromatic heterocycles. The average molecular weight is 299 g/mol. The Morgan fingerprint density at radius 3 is 2.71 bits per heavy atom. The summed E-state index contributed by atoms with van der Waals surface area (Å²) in [6.07, 6.45) is 1.55. The molecule has 5 heteroatoms. The van der Waals surface area contributed by atoms with Crippen LogP contribution in [0.5, 0.6) is 0 Å². The van der Waals surface area contributed by atoms with Crippen LogP contribution in [-0.4, -0.2) is 4.98 Å². The molecule has 0 saturated carbocycles. The third kappa shape index (κ3) is 2.50. The Labute approximate surface area is 106 Å². The first-order valence-corrected chi connectivity index (χ1v) is 5.70. The quantitative estimate of drug-likeness (QED) is 0.925. The second-order valence-corrected chi connectivity index (χ2v) is 4.37. The lowest BCUT2D eigenvalue weighted by Crippen LogP contribution is -2.16. The number of benzene rings is 1. The molecule has 1 atom stereocenters. The van der Waals surface area contributed by atoms with Crippen molar-refractivity contribution < 1.29 is 8.78 Å². The first-order valence-electron chi connectivity index (χ1n) is 4.90. The van der Waals surface area contributed by atoms with Gasteiger partial charge in [0.05, 0.1) is 11.7 Å². The summed E-state index contributed by atoms with van der Waals surface area (Å²) in [5.74, 6) is -1.07. The monoisotopic (exact) mass is 298 g/mol. The summed E-state index contributed by atoms with van der Waals surface area (Å²) >= 11 is 3.28. The molecule has 0 saturated heterocycles. The minimum absolute atomic E-state index is 0.0874. The molecule has 0 bridgehead atoms. The second-order valence-electron chi connectivity index (χ2n) is 3.51. The van der Waals surface area contributed by atoms with Crippen LogP contribution < -0.4 is 5.73 Å². The van der Waals surface area contributed by atoms with E-state index in [9.17, 15) is 8.78 Å². The normalized spacial score (nSPS) is 12.5. The molecule has 0 spiro atoms. The topological polar surface area (TPSA) is 38.9 Å². The third-order valence-electron chi connectivity index (χ3n) is 2.37. The van der Waals surface area contributed by atoms with Gasteiger partial charge in [0.2, 0.25) is 0 Å². The lowest BCUT2D eigenvalue weighted by molar-refractivity contribution is 0.574. The Kier molecular flexibility index (Phi) is 3.49. The van der Waals surface area contributed by atoms with Crippen molar-refractivity contribution in [2.45, 2.75) is 6.04 Å². The predicted octanol–water partition coefficient (Wildman–Crippen LogP) is 3.17. The maximum Gasteiger partial charge on any atom is 0.128 e. The van der Waals surface area contributed by atoms with Crippen molar-refractivity contribution in [1.82, 2.24) is 4.98 Å². The molecule has 0 aliphatic rings. The van der Waals surface area contributed by atoms with Crippen molar-refractivity contribution in [2.24, 2.45) is 5.73 Å². The van der Waals surface area contributed by atoms with Crippen molar-refractivity contribution in [1.29, 1.82) is 0 Å². The zero-order valence-corrected chi connectivity index (χ0v) is 10.3. The van der Waals surface area contributed by atoms with Crippen molar-refractivity contribution in [3.8, 4) is 0 Å². The zero-order valence-electron chi connectivity index (χ0n) is 8.70. The molecule has 2 aromatic rings. The van der Waals surface area contributed by atoms with E-state index in [1.54, 1.807) is 18.3 Å². The number of halogens is 3. The molecule has 0 aliphatic heterocycles. The molecule has 1 unspecified atom stereocenters. The predicted molar refractivity (Wildman–Crippen MR) is 64.3 cm³/mol. The van der Waals surface area contributed by atoms with Crippen LogP contribution in [0.2, 0.25) is 0 Å². The molecule has 0 amide bonds. The number of nitrogens with zero attached hydrogens (tertiary/aromatic N) is 1. The Balaban J connectivity index is 2.47. The molecule has 2 rings (SSSR count). The first kappa shape index (κ1) is 12.1. The molecule has 0 radical (unpaired) electrons. The molecular formula is C12H9BrF2N2. The van der Waals surface area contributed by atoms with Gasteiger partial charge < -0.3 is 5.73 Å². The lowest BCUT2D eigenvalue weighted by Gasteiger charge is -2.13. The van der Waals surface area contributed by atoms with Crippen molar-refractivity contribution >= 4 is 15.9 Å². The van der Waals surface area contributed by atoms with Gasteiger partial charge in [-0.2, -0.15) is 0 Å². The fraction of sp³-hybridized carbons (Fsp3) is 0.0833. The number of rotatable bonds is 2. The van der Waals surface area contributed by atoms with E-state index < -0.39 is 17.7 Å². The molecule has 2 nitrogen and oxygen atoms in total. The molecule has 0 fully saturated rings. The van der Waals surface area contributed by atoms with E-state index in [4.69, 9.17) is 5.73 Å². The minimum atomic E-state index is -0.804. The van der Waals surface area contributed by atoms with Crippen LogP contribution >= 0.6 is 15.9 Å². The van der Waals surface area contributed by atoms with E-state index in [-0.39, 0.29) is 5.56 Å². The van der Waals surface area contributed by atoms with Gasteiger partial charge in [0.25, 0.3) is 0 Å². The summed E-state index contributed by atoms with van der Waals surface area (Å²) in [6, 6.07) is 5.87. The van der Waals surface area contributed by atoms with Gasteiger partial charge in [-0.1, -0.05) is 0 Å². The highest BCUT2D eigenvalue weighted by Crippen LogP contribution is 2.26. The van der Waals surface area contributed by atoms with E-state index in [2.05, 4.69) is 20.9 Å². The fourth-order valence-electron chi connectivity index (χ4n) is 1.53. The van der Waals surface area contributed by atoms with Gasteiger partial charge in [0.15, 0.2) is 0 Å². The number of hydrogen-bond acceptors (Lipinski definition) is 2. The van der Waals surface area contributed by atoms with Crippen LogP contribution in [0.15, 0.2) is 41.0 Å². The van der Waals surface area contributed by atoms with Gasteiger partial charge in [0.1, 0.15) is 11.6 Å². The molecular weight excluding hydrogens is 290 g/mol. The molecule has 2 N–H and O–H groups in total. The number of hydrogen-bond donors (Lipinski definition) is 1. The molecule has 1 aromatic carbocycles. The standard InChI is InChI=1S/C12H9BrF2N2/c13-9-2-1-5-17-12(9)11(16)8-6-7(14)3-4-10(8)15/h1-6,11H,16H2. The molecule has 1 heterocycles. The van der Waals surface area contributed by atoms with E-state index in [1.165, 1.54) is 0 Å². The van der Waals surface area contributed by atoms with Crippen molar-refractivity contribution in [3.05, 3.63) is 63.9 Å². The lowest BCUT2D eigenvalue weighted by atomic mass is 10.0. The summed E-state index contributed by atoms with van der Waals surface area (Å²) in [5.41, 5.74) is 6.44. The Morgan fingerprint density at radius 2 is 2.00 bits per heavy atom. The minimum Gasteiger partial charge on any atom is -0.319 e. The summed E-state index contributed by atoms with van der Waals surface area (Å²) in [4.78, 5) is 4.06. The fourth-order valence-corrected chi connectivity index (χ4v) is 2.03. The Bertz CT molecular complexity index is 546. The van der Waals surface area contributed by atoms with Crippen molar-refractivity contribution in [3.63, 3.8) is 0 Å². The molecule has 88 valence electrons. The van der Waals surface area contributed by atoms with Crippen LogP contribution in [0.1, 0.15) is 17.3 Å². The SMILES string of the molecule is NC(c1cc(F)ccc1F)c1ncccc1Br. The van der Waals surface area contributed by atoms with E-state index >= 15 is 0 Å². The summed E-state index contributed by atoms with van der Waals surface area (Å²) in [5, 5.41) is 0. The van der Waals surface area contributed by atoms with Crippen LogP contribution in [-0.2, 0) is 0 Å². The van der Waals surface area contributed by atoms with Crippen LogP contribution in [0.4, 0.5) is 8.78 Å². The molecule has 17 heavy (non-hydrogen) atoms.